The number of nitrogens with one attached hydrogen (secondary N) is 1. The normalized spacial score (nSPS) is 19.4. The number of nitrogens with zero attached hydrogens (tertiary/aromatic N) is 5. The summed E-state index contributed by atoms with van der Waals surface area (Å²) in [5.74, 6) is 0.206. The molecule has 1 spiro atoms. The van der Waals surface area contributed by atoms with Crippen LogP contribution in [0.4, 0.5) is 0 Å². The molecule has 9 heteroatoms. The Morgan fingerprint density at radius 3 is 2.31 bits per heavy atom. The summed E-state index contributed by atoms with van der Waals surface area (Å²) in [7, 11) is 0. The molecule has 0 amide bonds. The van der Waals surface area contributed by atoms with Gasteiger partial charge in [-0.15, -0.1) is 5.10 Å². The predicted octanol–water partition coefficient (Wildman–Crippen LogP) is 6.24. The summed E-state index contributed by atoms with van der Waals surface area (Å²) in [6.07, 6.45) is 6.08. The van der Waals surface area contributed by atoms with E-state index in [2.05, 4.69) is 31.5 Å². The van der Waals surface area contributed by atoms with Gasteiger partial charge in [0.15, 0.2) is 22.9 Å². The van der Waals surface area contributed by atoms with E-state index in [4.69, 9.17) is 11.6 Å². The second kappa shape index (κ2) is 9.71. The molecule has 5 aromatic rings. The van der Waals surface area contributed by atoms with Crippen LogP contribution in [0.5, 0.6) is 0 Å². The van der Waals surface area contributed by atoms with E-state index < -0.39 is 11.6 Å². The summed E-state index contributed by atoms with van der Waals surface area (Å²) in [4.78, 5) is 35.2. The SMILES string of the molecule is O=C1c2ccccc2C(=O)C12c1[nH]c3ccccc3c1CCN2C(c1ccc(Cl)cc1)c1nnnn1C1CCCCC1. The molecule has 1 aliphatic heterocycles. The summed E-state index contributed by atoms with van der Waals surface area (Å²) in [6.45, 7) is 0.463. The van der Waals surface area contributed by atoms with E-state index in [1.807, 2.05) is 59.3 Å². The third-order valence-corrected chi connectivity index (χ3v) is 9.72. The number of aromatic amines is 1. The van der Waals surface area contributed by atoms with Gasteiger partial charge in [-0.3, -0.25) is 14.5 Å². The van der Waals surface area contributed by atoms with Gasteiger partial charge in [-0.05, 0) is 59.0 Å². The van der Waals surface area contributed by atoms with Crippen LogP contribution in [0.15, 0.2) is 72.8 Å². The molecule has 2 aliphatic carbocycles. The van der Waals surface area contributed by atoms with Crippen LogP contribution in [-0.4, -0.2) is 48.2 Å². The smallest absolute Gasteiger partial charge is 0.197 e. The molecule has 8 rings (SSSR count). The lowest BCUT2D eigenvalue weighted by atomic mass is 9.78. The number of hydrogen-bond donors (Lipinski definition) is 1. The number of benzene rings is 3. The van der Waals surface area contributed by atoms with Crippen molar-refractivity contribution in [1.29, 1.82) is 0 Å². The second-order valence-corrected chi connectivity index (χ2v) is 12.0. The third kappa shape index (κ3) is 3.55. The average Bonchev–Trinajstić information content (AvgIpc) is 3.72. The van der Waals surface area contributed by atoms with Gasteiger partial charge in [-0.2, -0.15) is 0 Å². The molecule has 1 unspecified atom stereocenters. The zero-order valence-electron chi connectivity index (χ0n) is 23.0. The standard InChI is InChI=1S/C33H29ClN6O2/c34-21-16-14-20(15-17-21)28(32-36-37-38-40(32)22-8-2-1-3-9-22)39-19-18-24-23-10-6-7-13-27(23)35-29(24)33(39)30(41)25-11-4-5-12-26(25)31(33)42/h4-7,10-17,22,28,35H,1-3,8-9,18-19H2. The number of H-pyrrole nitrogens is 1. The number of hydrogen-bond acceptors (Lipinski definition) is 6. The Balaban J connectivity index is 1.40. The third-order valence-electron chi connectivity index (χ3n) is 9.46. The van der Waals surface area contributed by atoms with Crippen molar-refractivity contribution < 1.29 is 9.59 Å². The van der Waals surface area contributed by atoms with Gasteiger partial charge in [0.1, 0.15) is 0 Å². The van der Waals surface area contributed by atoms with E-state index >= 15 is 0 Å². The summed E-state index contributed by atoms with van der Waals surface area (Å²) >= 11 is 6.35. The number of carbonyl (C=O) groups excluding carboxylic acids is 2. The molecule has 3 aliphatic rings. The van der Waals surface area contributed by atoms with E-state index in [9.17, 15) is 9.59 Å². The lowest BCUT2D eigenvalue weighted by Gasteiger charge is -2.46. The maximum Gasteiger partial charge on any atom is 0.197 e. The highest BCUT2D eigenvalue weighted by Crippen LogP contribution is 2.51. The van der Waals surface area contributed by atoms with Crippen LogP contribution < -0.4 is 0 Å². The first-order valence-electron chi connectivity index (χ1n) is 14.7. The predicted molar refractivity (Wildman–Crippen MR) is 159 cm³/mol. The Kier molecular flexibility index (Phi) is 5.91. The van der Waals surface area contributed by atoms with E-state index in [0.717, 1.165) is 47.7 Å². The minimum absolute atomic E-state index is 0.162. The number of ketones is 2. The monoisotopic (exact) mass is 576 g/mol. The average molecular weight is 577 g/mol. The molecule has 3 aromatic carbocycles. The summed E-state index contributed by atoms with van der Waals surface area (Å²) in [5, 5.41) is 14.9. The van der Waals surface area contributed by atoms with Crippen molar-refractivity contribution in [3.8, 4) is 0 Å². The van der Waals surface area contributed by atoms with Crippen LogP contribution in [0.1, 0.15) is 87.5 Å². The lowest BCUT2D eigenvalue weighted by molar-refractivity contribution is 0.0314. The van der Waals surface area contributed by atoms with Crippen molar-refractivity contribution in [2.45, 2.75) is 56.1 Å². The number of para-hydroxylation sites is 1. The van der Waals surface area contributed by atoms with Crippen molar-refractivity contribution in [3.05, 3.63) is 112 Å². The molecule has 2 aromatic heterocycles. The zero-order valence-corrected chi connectivity index (χ0v) is 23.7. The summed E-state index contributed by atoms with van der Waals surface area (Å²) in [5.41, 5.74) is 2.75. The van der Waals surface area contributed by atoms with E-state index in [1.165, 1.54) is 6.42 Å². The number of tetrazole rings is 1. The molecular formula is C33H29ClN6O2. The van der Waals surface area contributed by atoms with Gasteiger partial charge in [0.25, 0.3) is 0 Å². The van der Waals surface area contributed by atoms with Crippen LogP contribution in [0, 0.1) is 0 Å². The van der Waals surface area contributed by atoms with Gasteiger partial charge < -0.3 is 4.98 Å². The highest BCUT2D eigenvalue weighted by Gasteiger charge is 2.63. The Morgan fingerprint density at radius 1 is 0.881 bits per heavy atom. The molecule has 0 saturated heterocycles. The molecule has 0 radical (unpaired) electrons. The topological polar surface area (TPSA) is 96.8 Å². The van der Waals surface area contributed by atoms with Crippen molar-refractivity contribution in [2.75, 3.05) is 6.54 Å². The molecule has 1 N–H and O–H groups in total. The minimum atomic E-state index is -1.59. The van der Waals surface area contributed by atoms with Crippen molar-refractivity contribution in [1.82, 2.24) is 30.1 Å². The largest absolute Gasteiger partial charge is 0.356 e. The number of carbonyl (C=O) groups is 2. The number of fused-ring (bicyclic) bond motifs is 5. The van der Waals surface area contributed by atoms with Crippen LogP contribution in [0.2, 0.25) is 5.02 Å². The van der Waals surface area contributed by atoms with Gasteiger partial charge in [0.05, 0.1) is 17.8 Å². The number of Topliss-reactive ketones (excluding diaryl/α,β-unsaturated/α-hetero) is 2. The molecule has 210 valence electrons. The fraction of sp³-hybridized carbons (Fsp3) is 0.303. The van der Waals surface area contributed by atoms with Gasteiger partial charge >= 0.3 is 0 Å². The Labute approximate surface area is 247 Å². The van der Waals surface area contributed by atoms with Crippen LogP contribution in [0.3, 0.4) is 0 Å². The maximum atomic E-state index is 14.8. The molecule has 1 atom stereocenters. The van der Waals surface area contributed by atoms with Crippen LogP contribution >= 0.6 is 11.6 Å². The quantitative estimate of drug-likeness (QED) is 0.255. The van der Waals surface area contributed by atoms with Crippen molar-refractivity contribution >= 4 is 34.1 Å². The molecular weight excluding hydrogens is 548 g/mol. The van der Waals surface area contributed by atoms with Gasteiger partial charge in [0.2, 0.25) is 0 Å². The molecule has 1 saturated carbocycles. The summed E-state index contributed by atoms with van der Waals surface area (Å²) < 4.78 is 1.95. The first kappa shape index (κ1) is 25.6. The molecule has 0 bridgehead atoms. The highest BCUT2D eigenvalue weighted by molar-refractivity contribution is 6.33. The van der Waals surface area contributed by atoms with Crippen LogP contribution in [-0.2, 0) is 12.0 Å². The number of halogens is 1. The van der Waals surface area contributed by atoms with Crippen molar-refractivity contribution in [3.63, 3.8) is 0 Å². The molecule has 3 heterocycles. The van der Waals surface area contributed by atoms with E-state index in [-0.39, 0.29) is 17.6 Å². The number of rotatable bonds is 4. The van der Waals surface area contributed by atoms with E-state index in [1.54, 1.807) is 12.1 Å². The molecule has 1 fully saturated rings. The Morgan fingerprint density at radius 2 is 1.57 bits per heavy atom. The molecule has 8 nitrogen and oxygen atoms in total. The van der Waals surface area contributed by atoms with Crippen LogP contribution in [0.25, 0.3) is 10.9 Å². The van der Waals surface area contributed by atoms with E-state index in [0.29, 0.717) is 40.6 Å². The Hall–Kier alpha value is -4.14. The minimum Gasteiger partial charge on any atom is -0.356 e. The van der Waals surface area contributed by atoms with Gasteiger partial charge in [0, 0.05) is 33.6 Å². The highest BCUT2D eigenvalue weighted by atomic mass is 35.5. The number of aromatic nitrogens is 5. The maximum absolute atomic E-state index is 14.8. The van der Waals surface area contributed by atoms with Crippen molar-refractivity contribution in [2.24, 2.45) is 0 Å². The first-order chi connectivity index (χ1) is 20.6. The first-order valence-corrected chi connectivity index (χ1v) is 15.1. The summed E-state index contributed by atoms with van der Waals surface area (Å²) in [6, 6.07) is 22.4. The fourth-order valence-corrected chi connectivity index (χ4v) is 7.70. The Bertz CT molecular complexity index is 1820. The molecule has 42 heavy (non-hydrogen) atoms. The second-order valence-electron chi connectivity index (χ2n) is 11.6. The van der Waals surface area contributed by atoms with Gasteiger partial charge in [-0.25, -0.2) is 4.68 Å². The zero-order chi connectivity index (χ0) is 28.4. The van der Waals surface area contributed by atoms with Gasteiger partial charge in [-0.1, -0.05) is 85.5 Å². The lowest BCUT2D eigenvalue weighted by Crippen LogP contribution is -2.59. The fourth-order valence-electron chi connectivity index (χ4n) is 7.57.